The molecule has 0 unspecified atom stereocenters. The summed E-state index contributed by atoms with van der Waals surface area (Å²) in [4.78, 5) is 14.6. The second kappa shape index (κ2) is 7.04. The summed E-state index contributed by atoms with van der Waals surface area (Å²) in [6.45, 7) is 5.67. The number of halogens is 1. The molecule has 5 nitrogen and oxygen atoms in total. The maximum absolute atomic E-state index is 12.0. The molecule has 0 fully saturated rings. The zero-order valence-corrected chi connectivity index (χ0v) is 15.5. The lowest BCUT2D eigenvalue weighted by Gasteiger charge is -2.17. The number of H-pyrrole nitrogens is 1. The Morgan fingerprint density at radius 1 is 1.30 bits per heavy atom. The standard InChI is InChI=1S/C17H17IN2O3/c1-9(2)23-16-14(18)6-11(7-15(16)22-4)12-5-10(3)20-17(21)13(12)8-19/h5-7,9H,1-4H3,(H,20,21). The molecule has 0 spiro atoms. The van der Waals surface area contributed by atoms with Crippen molar-refractivity contribution in [2.45, 2.75) is 26.9 Å². The van der Waals surface area contributed by atoms with Crippen LogP contribution in [-0.4, -0.2) is 18.2 Å². The lowest BCUT2D eigenvalue weighted by molar-refractivity contribution is 0.228. The Morgan fingerprint density at radius 2 is 2.00 bits per heavy atom. The minimum absolute atomic E-state index is 0.0137. The van der Waals surface area contributed by atoms with Crippen LogP contribution in [0.4, 0.5) is 0 Å². The third-order valence-electron chi connectivity index (χ3n) is 3.17. The van der Waals surface area contributed by atoms with E-state index in [0.29, 0.717) is 22.8 Å². The topological polar surface area (TPSA) is 75.1 Å². The van der Waals surface area contributed by atoms with E-state index in [0.717, 1.165) is 9.13 Å². The summed E-state index contributed by atoms with van der Waals surface area (Å²) in [7, 11) is 1.57. The molecule has 1 heterocycles. The van der Waals surface area contributed by atoms with E-state index in [1.165, 1.54) is 0 Å². The summed E-state index contributed by atoms with van der Waals surface area (Å²) in [5.74, 6) is 1.23. The molecule has 0 bridgehead atoms. The Kier molecular flexibility index (Phi) is 5.31. The number of aryl methyl sites for hydroxylation is 1. The van der Waals surface area contributed by atoms with E-state index >= 15 is 0 Å². The third kappa shape index (κ3) is 3.67. The zero-order chi connectivity index (χ0) is 17.1. The van der Waals surface area contributed by atoms with Crippen LogP contribution in [0.15, 0.2) is 23.0 Å². The van der Waals surface area contributed by atoms with Gasteiger partial charge in [0.1, 0.15) is 11.6 Å². The fourth-order valence-electron chi connectivity index (χ4n) is 2.25. The Morgan fingerprint density at radius 3 is 2.57 bits per heavy atom. The van der Waals surface area contributed by atoms with Gasteiger partial charge in [-0.1, -0.05) is 0 Å². The van der Waals surface area contributed by atoms with Gasteiger partial charge < -0.3 is 14.5 Å². The minimum atomic E-state index is -0.390. The first kappa shape index (κ1) is 17.3. The second-order valence-corrected chi connectivity index (χ2v) is 6.50. The normalized spacial score (nSPS) is 10.5. The smallest absolute Gasteiger partial charge is 0.266 e. The molecular weight excluding hydrogens is 407 g/mol. The highest BCUT2D eigenvalue weighted by Gasteiger charge is 2.17. The fourth-order valence-corrected chi connectivity index (χ4v) is 2.98. The van der Waals surface area contributed by atoms with Gasteiger partial charge in [0.25, 0.3) is 5.56 Å². The summed E-state index contributed by atoms with van der Waals surface area (Å²) in [6, 6.07) is 7.43. The van der Waals surface area contributed by atoms with E-state index in [1.54, 1.807) is 26.2 Å². The number of nitrogens with zero attached hydrogens (tertiary/aromatic N) is 1. The number of hydrogen-bond acceptors (Lipinski definition) is 4. The summed E-state index contributed by atoms with van der Waals surface area (Å²) in [5.41, 5.74) is 1.72. The van der Waals surface area contributed by atoms with E-state index in [2.05, 4.69) is 27.6 Å². The lowest BCUT2D eigenvalue weighted by atomic mass is 10.0. The van der Waals surface area contributed by atoms with Gasteiger partial charge in [-0.2, -0.15) is 5.26 Å². The molecule has 0 saturated carbocycles. The van der Waals surface area contributed by atoms with E-state index in [9.17, 15) is 10.1 Å². The van der Waals surface area contributed by atoms with Crippen molar-refractivity contribution in [2.75, 3.05) is 7.11 Å². The van der Waals surface area contributed by atoms with Gasteiger partial charge in [0, 0.05) is 11.3 Å². The first-order chi connectivity index (χ1) is 10.9. The molecule has 0 saturated heterocycles. The second-order valence-electron chi connectivity index (χ2n) is 5.34. The molecule has 0 amide bonds. The van der Waals surface area contributed by atoms with Crippen LogP contribution in [0.5, 0.6) is 11.5 Å². The molecule has 0 aliphatic heterocycles. The Hall–Kier alpha value is -2.01. The third-order valence-corrected chi connectivity index (χ3v) is 3.98. The molecule has 0 aliphatic carbocycles. The summed E-state index contributed by atoms with van der Waals surface area (Å²) in [5, 5.41) is 9.29. The molecule has 2 aromatic rings. The van der Waals surface area contributed by atoms with Gasteiger partial charge in [0.05, 0.1) is 16.8 Å². The molecule has 2 rings (SSSR count). The van der Waals surface area contributed by atoms with Crippen molar-refractivity contribution >= 4 is 22.6 Å². The van der Waals surface area contributed by atoms with Crippen molar-refractivity contribution in [3.05, 3.63) is 43.4 Å². The molecule has 0 aliphatic rings. The van der Waals surface area contributed by atoms with Crippen LogP contribution in [0.1, 0.15) is 25.1 Å². The summed E-state index contributed by atoms with van der Waals surface area (Å²) >= 11 is 2.16. The number of aromatic nitrogens is 1. The molecule has 1 aromatic heterocycles. The van der Waals surface area contributed by atoms with E-state index in [1.807, 2.05) is 26.0 Å². The number of methoxy groups -OCH3 is 1. The quantitative estimate of drug-likeness (QED) is 0.761. The van der Waals surface area contributed by atoms with E-state index in [-0.39, 0.29) is 17.2 Å². The summed E-state index contributed by atoms with van der Waals surface area (Å²) < 4.78 is 12.1. The van der Waals surface area contributed by atoms with Crippen molar-refractivity contribution in [3.63, 3.8) is 0 Å². The first-order valence-electron chi connectivity index (χ1n) is 7.06. The maximum atomic E-state index is 12.0. The van der Waals surface area contributed by atoms with Crippen LogP contribution in [0.25, 0.3) is 11.1 Å². The van der Waals surface area contributed by atoms with E-state index < -0.39 is 0 Å². The predicted octanol–water partition coefficient (Wildman–Crippen LogP) is 3.62. The van der Waals surface area contributed by atoms with Gasteiger partial charge in [-0.25, -0.2) is 0 Å². The minimum Gasteiger partial charge on any atom is -0.493 e. The number of benzene rings is 1. The highest BCUT2D eigenvalue weighted by Crippen LogP contribution is 2.38. The zero-order valence-electron chi connectivity index (χ0n) is 13.4. The maximum Gasteiger partial charge on any atom is 0.266 e. The number of aromatic amines is 1. The van der Waals surface area contributed by atoms with Crippen molar-refractivity contribution in [1.29, 1.82) is 5.26 Å². The number of pyridine rings is 1. The predicted molar refractivity (Wildman–Crippen MR) is 97.0 cm³/mol. The number of nitriles is 1. The van der Waals surface area contributed by atoms with E-state index in [4.69, 9.17) is 9.47 Å². The Bertz CT molecular complexity index is 835. The fraction of sp³-hybridized carbons (Fsp3) is 0.294. The van der Waals surface area contributed by atoms with Gasteiger partial charge in [0.15, 0.2) is 11.5 Å². The van der Waals surface area contributed by atoms with Crippen molar-refractivity contribution in [1.82, 2.24) is 4.98 Å². The molecule has 0 atom stereocenters. The SMILES string of the molecule is COc1cc(-c2cc(C)[nH]c(=O)c2C#N)cc(I)c1OC(C)C. The molecule has 1 aromatic carbocycles. The highest BCUT2D eigenvalue weighted by atomic mass is 127. The molecule has 6 heteroatoms. The van der Waals surface area contributed by atoms with Crippen LogP contribution >= 0.6 is 22.6 Å². The number of ether oxygens (including phenoxy) is 2. The lowest BCUT2D eigenvalue weighted by Crippen LogP contribution is -2.13. The average molecular weight is 424 g/mol. The van der Waals surface area contributed by atoms with Gasteiger partial charge in [0.2, 0.25) is 0 Å². The van der Waals surface area contributed by atoms with Crippen LogP contribution in [-0.2, 0) is 0 Å². The van der Waals surface area contributed by atoms with Crippen LogP contribution in [0.3, 0.4) is 0 Å². The Labute approximate surface area is 148 Å². The molecule has 23 heavy (non-hydrogen) atoms. The summed E-state index contributed by atoms with van der Waals surface area (Å²) in [6.07, 6.45) is 0.0137. The number of nitrogens with one attached hydrogen (secondary N) is 1. The highest BCUT2D eigenvalue weighted by molar-refractivity contribution is 14.1. The van der Waals surface area contributed by atoms with Crippen molar-refractivity contribution < 1.29 is 9.47 Å². The largest absolute Gasteiger partial charge is 0.493 e. The number of hydrogen-bond donors (Lipinski definition) is 1. The first-order valence-corrected chi connectivity index (χ1v) is 8.13. The molecular formula is C17H17IN2O3. The van der Waals surface area contributed by atoms with Crippen molar-refractivity contribution in [2.24, 2.45) is 0 Å². The molecule has 0 radical (unpaired) electrons. The van der Waals surface area contributed by atoms with Crippen LogP contribution in [0.2, 0.25) is 0 Å². The van der Waals surface area contributed by atoms with Crippen molar-refractivity contribution in [3.8, 4) is 28.7 Å². The van der Waals surface area contributed by atoms with Crippen LogP contribution < -0.4 is 15.0 Å². The van der Waals surface area contributed by atoms with Gasteiger partial charge in [-0.3, -0.25) is 4.79 Å². The monoisotopic (exact) mass is 424 g/mol. The van der Waals surface area contributed by atoms with Gasteiger partial charge in [-0.05, 0) is 67.1 Å². The van der Waals surface area contributed by atoms with Crippen LogP contribution in [0, 0.1) is 21.8 Å². The average Bonchev–Trinajstić information content (AvgIpc) is 2.48. The number of rotatable bonds is 4. The van der Waals surface area contributed by atoms with Gasteiger partial charge in [-0.15, -0.1) is 0 Å². The van der Waals surface area contributed by atoms with Gasteiger partial charge >= 0.3 is 0 Å². The molecule has 1 N–H and O–H groups in total. The Balaban J connectivity index is 2.70. The molecule has 120 valence electrons.